The molecule has 260 valence electrons. The molecule has 0 aromatic heterocycles. The van der Waals surface area contributed by atoms with Gasteiger partial charge in [-0.3, -0.25) is 9.59 Å². The van der Waals surface area contributed by atoms with E-state index in [-0.39, 0.29) is 38.9 Å². The molecule has 0 radical (unpaired) electrons. The zero-order valence-electron chi connectivity index (χ0n) is 30.7. The smallest absolute Gasteiger partial charge is 0.317 e. The molecule has 0 bridgehead atoms. The summed E-state index contributed by atoms with van der Waals surface area (Å²) in [6, 6.07) is 0. The SMILES string of the molecule is C=C[C@@]1(C)CC[C@H]2C(=CC[C@@H]3[C@@](C)(COC(=O)CC(=O)OC[C@@]4(C)CCC[C@]5(C)[C@@H]4CC=C4C[C@@](C)(C=C)CC[C@@H]45)CCC[C@]32C)C1. The van der Waals surface area contributed by atoms with Gasteiger partial charge in [0.1, 0.15) is 6.42 Å². The summed E-state index contributed by atoms with van der Waals surface area (Å²) in [7, 11) is 0. The first-order valence-corrected chi connectivity index (χ1v) is 19.1. The van der Waals surface area contributed by atoms with Gasteiger partial charge in [0.2, 0.25) is 0 Å². The molecule has 4 heteroatoms. The van der Waals surface area contributed by atoms with Gasteiger partial charge in [0.05, 0.1) is 13.2 Å². The zero-order chi connectivity index (χ0) is 33.9. The van der Waals surface area contributed by atoms with Gasteiger partial charge in [-0.15, -0.1) is 13.2 Å². The average Bonchev–Trinajstić information content (AvgIpc) is 3.02. The molecule has 4 fully saturated rings. The Morgan fingerprint density at radius 3 is 1.47 bits per heavy atom. The molecule has 4 saturated carbocycles. The molecule has 6 aliphatic rings. The van der Waals surface area contributed by atoms with Crippen molar-refractivity contribution in [1.82, 2.24) is 0 Å². The summed E-state index contributed by atoms with van der Waals surface area (Å²) in [4.78, 5) is 26.2. The fraction of sp³-hybridized carbons (Fsp3) is 0.767. The molecule has 0 aliphatic heterocycles. The number of hydrogen-bond donors (Lipinski definition) is 0. The Morgan fingerprint density at radius 1 is 0.681 bits per heavy atom. The summed E-state index contributed by atoms with van der Waals surface area (Å²) >= 11 is 0. The summed E-state index contributed by atoms with van der Waals surface area (Å²) in [5.41, 5.74) is 3.98. The molecule has 0 aromatic rings. The summed E-state index contributed by atoms with van der Waals surface area (Å²) in [6.07, 6.45) is 25.2. The molecule has 10 atom stereocenters. The maximum Gasteiger partial charge on any atom is 0.317 e. The first kappa shape index (κ1) is 34.8. The third-order valence-electron chi connectivity index (χ3n) is 15.5. The average molecular weight is 645 g/mol. The molecule has 0 unspecified atom stereocenters. The van der Waals surface area contributed by atoms with Gasteiger partial charge in [0, 0.05) is 10.8 Å². The van der Waals surface area contributed by atoms with Crippen molar-refractivity contribution in [3.8, 4) is 0 Å². The van der Waals surface area contributed by atoms with E-state index < -0.39 is 11.9 Å². The van der Waals surface area contributed by atoms with Crippen molar-refractivity contribution in [3.63, 3.8) is 0 Å². The molecule has 0 N–H and O–H groups in total. The lowest BCUT2D eigenvalue weighted by Crippen LogP contribution is -2.53. The standard InChI is InChI=1S/C43H64O4/c1-9-38(3)23-17-32-30(26-38)13-15-34-40(5,19-11-21-42(32,34)7)28-46-36(44)25-37(45)47-29-41(6)20-12-22-43(8)33-18-24-39(4,10-2)27-31(33)14-16-35(41)43/h9-10,13-14,32-35H,1-2,11-12,15-29H2,3-8H3/t32-,33-,34+,35+,38-,39-,40+,41+,42-,43-/m0/s1. The highest BCUT2D eigenvalue weighted by Crippen LogP contribution is 2.65. The van der Waals surface area contributed by atoms with Crippen LogP contribution in [0.4, 0.5) is 0 Å². The van der Waals surface area contributed by atoms with Crippen molar-refractivity contribution in [2.75, 3.05) is 13.2 Å². The van der Waals surface area contributed by atoms with Gasteiger partial charge in [0.25, 0.3) is 0 Å². The Balaban J connectivity index is 1.04. The number of ether oxygens (including phenoxy) is 2. The Hall–Kier alpha value is -2.10. The predicted octanol–water partition coefficient (Wildman–Crippen LogP) is 10.7. The Labute approximate surface area is 286 Å². The van der Waals surface area contributed by atoms with Crippen molar-refractivity contribution in [1.29, 1.82) is 0 Å². The molecule has 0 heterocycles. The number of carbonyl (C=O) groups is 2. The van der Waals surface area contributed by atoms with Gasteiger partial charge in [-0.25, -0.2) is 0 Å². The van der Waals surface area contributed by atoms with Crippen LogP contribution in [0.3, 0.4) is 0 Å². The highest BCUT2D eigenvalue weighted by molar-refractivity contribution is 5.91. The number of hydrogen-bond acceptors (Lipinski definition) is 4. The third kappa shape index (κ3) is 6.16. The summed E-state index contributed by atoms with van der Waals surface area (Å²) < 4.78 is 11.9. The van der Waals surface area contributed by atoms with Crippen LogP contribution >= 0.6 is 0 Å². The second kappa shape index (κ2) is 12.3. The van der Waals surface area contributed by atoms with E-state index in [1.54, 1.807) is 11.1 Å². The summed E-state index contributed by atoms with van der Waals surface area (Å²) in [5.74, 6) is 1.30. The maximum atomic E-state index is 13.1. The number of allylic oxidation sites excluding steroid dienone is 6. The second-order valence-corrected chi connectivity index (χ2v) is 18.9. The highest BCUT2D eigenvalue weighted by Gasteiger charge is 2.57. The van der Waals surface area contributed by atoms with Crippen LogP contribution in [0.15, 0.2) is 48.6 Å². The molecule has 47 heavy (non-hydrogen) atoms. The van der Waals surface area contributed by atoms with Crippen LogP contribution in [-0.4, -0.2) is 25.2 Å². The van der Waals surface area contributed by atoms with Gasteiger partial charge in [-0.05, 0) is 122 Å². The largest absolute Gasteiger partial charge is 0.465 e. The third-order valence-corrected chi connectivity index (χ3v) is 15.5. The van der Waals surface area contributed by atoms with Crippen molar-refractivity contribution in [2.45, 2.75) is 138 Å². The van der Waals surface area contributed by atoms with E-state index in [9.17, 15) is 9.59 Å². The van der Waals surface area contributed by atoms with Crippen LogP contribution in [0.2, 0.25) is 0 Å². The molecular formula is C43H64O4. The minimum absolute atomic E-state index is 0.0800. The van der Waals surface area contributed by atoms with Crippen LogP contribution in [0, 0.1) is 56.2 Å². The molecule has 0 aromatic carbocycles. The Kier molecular flexibility index (Phi) is 9.13. The topological polar surface area (TPSA) is 52.6 Å². The quantitative estimate of drug-likeness (QED) is 0.150. The fourth-order valence-electron chi connectivity index (χ4n) is 12.5. The van der Waals surface area contributed by atoms with Crippen LogP contribution < -0.4 is 0 Å². The molecule has 0 amide bonds. The number of fused-ring (bicyclic) bond motifs is 6. The lowest BCUT2D eigenvalue weighted by molar-refractivity contribution is -0.165. The lowest BCUT2D eigenvalue weighted by Gasteiger charge is -2.59. The lowest BCUT2D eigenvalue weighted by atomic mass is 9.45. The van der Waals surface area contributed by atoms with Gasteiger partial charge < -0.3 is 9.47 Å². The van der Waals surface area contributed by atoms with Crippen molar-refractivity contribution in [3.05, 3.63) is 48.6 Å². The van der Waals surface area contributed by atoms with Crippen molar-refractivity contribution < 1.29 is 19.1 Å². The second-order valence-electron chi connectivity index (χ2n) is 18.9. The molecular weight excluding hydrogens is 580 g/mol. The van der Waals surface area contributed by atoms with Crippen LogP contribution in [0.25, 0.3) is 0 Å². The molecule has 6 aliphatic carbocycles. The number of carbonyl (C=O) groups excluding carboxylic acids is 2. The number of rotatable bonds is 8. The van der Waals surface area contributed by atoms with Crippen molar-refractivity contribution >= 4 is 11.9 Å². The monoisotopic (exact) mass is 644 g/mol. The fourth-order valence-corrected chi connectivity index (χ4v) is 12.5. The van der Waals surface area contributed by atoms with E-state index in [0.29, 0.717) is 36.9 Å². The normalized spacial score (nSPS) is 45.8. The van der Waals surface area contributed by atoms with Crippen LogP contribution in [-0.2, 0) is 19.1 Å². The van der Waals surface area contributed by atoms with Crippen LogP contribution in [0.5, 0.6) is 0 Å². The van der Waals surface area contributed by atoms with E-state index in [4.69, 9.17) is 9.47 Å². The maximum absolute atomic E-state index is 13.1. The van der Waals surface area contributed by atoms with E-state index in [2.05, 4.69) is 79.0 Å². The van der Waals surface area contributed by atoms with Gasteiger partial charge in [-0.1, -0.05) is 89.8 Å². The van der Waals surface area contributed by atoms with Crippen LogP contribution in [0.1, 0.15) is 138 Å². The number of esters is 2. The zero-order valence-corrected chi connectivity index (χ0v) is 30.7. The molecule has 0 spiro atoms. The molecule has 4 nitrogen and oxygen atoms in total. The molecule has 6 rings (SSSR count). The van der Waals surface area contributed by atoms with E-state index >= 15 is 0 Å². The van der Waals surface area contributed by atoms with Crippen molar-refractivity contribution in [2.24, 2.45) is 56.2 Å². The Bertz CT molecular complexity index is 1240. The summed E-state index contributed by atoms with van der Waals surface area (Å²) in [6.45, 7) is 23.4. The van der Waals surface area contributed by atoms with E-state index in [0.717, 1.165) is 51.4 Å². The predicted molar refractivity (Wildman–Crippen MR) is 190 cm³/mol. The molecule has 0 saturated heterocycles. The first-order chi connectivity index (χ1) is 22.1. The van der Waals surface area contributed by atoms with E-state index in [1.807, 2.05) is 0 Å². The summed E-state index contributed by atoms with van der Waals surface area (Å²) in [5, 5.41) is 0. The van der Waals surface area contributed by atoms with Gasteiger partial charge in [0.15, 0.2) is 0 Å². The minimum atomic E-state index is -0.439. The van der Waals surface area contributed by atoms with Gasteiger partial charge >= 0.3 is 11.9 Å². The van der Waals surface area contributed by atoms with Gasteiger partial charge in [-0.2, -0.15) is 0 Å². The van der Waals surface area contributed by atoms with E-state index in [1.165, 1.54) is 38.5 Å². The first-order valence-electron chi connectivity index (χ1n) is 19.1. The Morgan fingerprint density at radius 2 is 1.09 bits per heavy atom. The minimum Gasteiger partial charge on any atom is -0.465 e. The highest BCUT2D eigenvalue weighted by atomic mass is 16.6.